The Morgan fingerprint density at radius 1 is 1.39 bits per heavy atom. The second-order valence-electron chi connectivity index (χ2n) is 4.88. The van der Waals surface area contributed by atoms with Crippen LogP contribution in [0.5, 0.6) is 0 Å². The third kappa shape index (κ3) is 5.98. The van der Waals surface area contributed by atoms with Gasteiger partial charge in [-0.25, -0.2) is 4.98 Å². The van der Waals surface area contributed by atoms with Gasteiger partial charge in [0.1, 0.15) is 5.82 Å². The van der Waals surface area contributed by atoms with E-state index in [1.807, 2.05) is 36.3 Å². The van der Waals surface area contributed by atoms with Gasteiger partial charge >= 0.3 is 0 Å². The molecule has 0 radical (unpaired) electrons. The molecule has 0 saturated carbocycles. The highest BCUT2D eigenvalue weighted by Crippen LogP contribution is 2.16. The summed E-state index contributed by atoms with van der Waals surface area (Å²) in [6.07, 6.45) is 1.86. The Balaban J connectivity index is 0.00000264. The monoisotopic (exact) mass is 489 g/mol. The first-order chi connectivity index (χ1) is 10.6. The van der Waals surface area contributed by atoms with Crippen molar-refractivity contribution in [3.8, 4) is 11.3 Å². The average Bonchev–Trinajstić information content (AvgIpc) is 2.97. The molecular formula is C16H21BrIN5. The number of guanidine groups is 1. The molecule has 0 spiro atoms. The Morgan fingerprint density at radius 3 is 2.70 bits per heavy atom. The van der Waals surface area contributed by atoms with E-state index in [1.165, 1.54) is 0 Å². The summed E-state index contributed by atoms with van der Waals surface area (Å²) in [7, 11) is 3.73. The lowest BCUT2D eigenvalue weighted by Gasteiger charge is -2.20. The molecule has 23 heavy (non-hydrogen) atoms. The molecule has 1 aromatic heterocycles. The van der Waals surface area contributed by atoms with E-state index in [0.717, 1.165) is 27.5 Å². The fourth-order valence-corrected chi connectivity index (χ4v) is 2.21. The molecule has 0 unspecified atom stereocenters. The summed E-state index contributed by atoms with van der Waals surface area (Å²) in [6, 6.07) is 10.1. The van der Waals surface area contributed by atoms with Crippen molar-refractivity contribution < 1.29 is 0 Å². The van der Waals surface area contributed by atoms with E-state index in [4.69, 9.17) is 0 Å². The van der Waals surface area contributed by atoms with E-state index < -0.39 is 0 Å². The van der Waals surface area contributed by atoms with Crippen LogP contribution in [-0.4, -0.2) is 41.5 Å². The number of aromatic amines is 1. The van der Waals surface area contributed by atoms with Crippen molar-refractivity contribution in [3.63, 3.8) is 0 Å². The molecule has 0 amide bonds. The standard InChI is InChI=1S/C16H20BrN5.HI/c1-12(17)9-20-16(18-2)22(3)11-15-19-10-14(21-15)13-7-5-4-6-8-13;/h4-8,10H,1,9,11H2,2-3H3,(H,18,20)(H,19,21);1H. The van der Waals surface area contributed by atoms with E-state index in [2.05, 4.69) is 54.9 Å². The third-order valence-electron chi connectivity index (χ3n) is 3.11. The van der Waals surface area contributed by atoms with E-state index in [1.54, 1.807) is 7.05 Å². The largest absolute Gasteiger partial charge is 0.352 e. The second-order valence-corrected chi connectivity index (χ2v) is 6.01. The molecule has 1 aromatic carbocycles. The second kappa shape index (κ2) is 9.71. The molecule has 0 bridgehead atoms. The van der Waals surface area contributed by atoms with E-state index in [0.29, 0.717) is 13.1 Å². The number of benzene rings is 1. The molecular weight excluding hydrogens is 469 g/mol. The zero-order valence-electron chi connectivity index (χ0n) is 13.2. The van der Waals surface area contributed by atoms with Gasteiger partial charge in [0.05, 0.1) is 18.4 Å². The van der Waals surface area contributed by atoms with Crippen LogP contribution < -0.4 is 5.32 Å². The number of nitrogens with one attached hydrogen (secondary N) is 2. The highest BCUT2D eigenvalue weighted by Gasteiger charge is 2.09. The zero-order chi connectivity index (χ0) is 15.9. The summed E-state index contributed by atoms with van der Waals surface area (Å²) < 4.78 is 0.881. The molecule has 7 heteroatoms. The van der Waals surface area contributed by atoms with Crippen LogP contribution in [0.15, 0.2) is 52.6 Å². The summed E-state index contributed by atoms with van der Waals surface area (Å²) in [6.45, 7) is 5.07. The van der Waals surface area contributed by atoms with E-state index >= 15 is 0 Å². The van der Waals surface area contributed by atoms with Gasteiger partial charge in [-0.1, -0.05) is 52.8 Å². The summed E-state index contributed by atoms with van der Waals surface area (Å²) in [5, 5.41) is 3.22. The summed E-state index contributed by atoms with van der Waals surface area (Å²) in [5.74, 6) is 1.68. The van der Waals surface area contributed by atoms with E-state index in [-0.39, 0.29) is 24.0 Å². The molecule has 1 heterocycles. The van der Waals surface area contributed by atoms with Crippen molar-refractivity contribution in [2.24, 2.45) is 4.99 Å². The first-order valence-corrected chi connectivity index (χ1v) is 7.74. The summed E-state index contributed by atoms with van der Waals surface area (Å²) in [4.78, 5) is 14.0. The third-order valence-corrected chi connectivity index (χ3v) is 3.39. The Hall–Kier alpha value is -1.35. The number of imidazole rings is 1. The van der Waals surface area contributed by atoms with Gasteiger partial charge in [0.15, 0.2) is 5.96 Å². The summed E-state index contributed by atoms with van der Waals surface area (Å²) in [5.41, 5.74) is 2.14. The molecule has 0 aliphatic carbocycles. The molecule has 2 aromatic rings. The molecule has 0 aliphatic heterocycles. The van der Waals surface area contributed by atoms with Crippen LogP contribution in [0.1, 0.15) is 5.82 Å². The maximum absolute atomic E-state index is 4.44. The van der Waals surface area contributed by atoms with Gasteiger partial charge in [0.2, 0.25) is 0 Å². The predicted octanol–water partition coefficient (Wildman–Crippen LogP) is 3.61. The smallest absolute Gasteiger partial charge is 0.194 e. The van der Waals surface area contributed by atoms with Crippen LogP contribution in [0.25, 0.3) is 11.3 Å². The molecule has 0 fully saturated rings. The molecule has 0 aliphatic rings. The zero-order valence-corrected chi connectivity index (χ0v) is 17.1. The fraction of sp³-hybridized carbons (Fsp3) is 0.250. The molecule has 0 atom stereocenters. The number of aromatic nitrogens is 2. The number of aliphatic imine (C=N–C) groups is 1. The highest BCUT2D eigenvalue weighted by molar-refractivity contribution is 14.0. The highest BCUT2D eigenvalue weighted by atomic mass is 127. The lowest BCUT2D eigenvalue weighted by atomic mass is 10.2. The fourth-order valence-electron chi connectivity index (χ4n) is 2.07. The first kappa shape index (κ1) is 19.7. The van der Waals surface area contributed by atoms with Crippen LogP contribution in [0.4, 0.5) is 0 Å². The van der Waals surface area contributed by atoms with Crippen LogP contribution in [0, 0.1) is 0 Å². The van der Waals surface area contributed by atoms with Gasteiger partial charge in [-0.15, -0.1) is 24.0 Å². The Bertz CT molecular complexity index is 654. The minimum atomic E-state index is 0. The van der Waals surface area contributed by atoms with Crippen molar-refractivity contribution in [1.82, 2.24) is 20.2 Å². The Labute approximate surface area is 162 Å². The van der Waals surface area contributed by atoms with Crippen LogP contribution >= 0.6 is 39.9 Å². The maximum atomic E-state index is 4.44. The Kier molecular flexibility index (Phi) is 8.32. The topological polar surface area (TPSA) is 56.3 Å². The van der Waals surface area contributed by atoms with Crippen molar-refractivity contribution in [1.29, 1.82) is 0 Å². The molecule has 5 nitrogen and oxygen atoms in total. The van der Waals surface area contributed by atoms with Crippen LogP contribution in [0.3, 0.4) is 0 Å². The first-order valence-electron chi connectivity index (χ1n) is 6.94. The number of rotatable bonds is 5. The molecule has 0 saturated heterocycles. The average molecular weight is 490 g/mol. The lowest BCUT2D eigenvalue weighted by Crippen LogP contribution is -2.39. The van der Waals surface area contributed by atoms with Gasteiger partial charge in [-0.05, 0) is 5.56 Å². The lowest BCUT2D eigenvalue weighted by molar-refractivity contribution is 0.467. The van der Waals surface area contributed by atoms with Crippen molar-refractivity contribution >= 4 is 45.9 Å². The van der Waals surface area contributed by atoms with Crippen molar-refractivity contribution in [2.45, 2.75) is 6.54 Å². The van der Waals surface area contributed by atoms with Crippen LogP contribution in [-0.2, 0) is 6.54 Å². The van der Waals surface area contributed by atoms with Gasteiger partial charge in [0, 0.05) is 25.1 Å². The van der Waals surface area contributed by atoms with Gasteiger partial charge in [0.25, 0.3) is 0 Å². The van der Waals surface area contributed by atoms with Gasteiger partial charge in [-0.2, -0.15) is 0 Å². The minimum absolute atomic E-state index is 0. The molecule has 2 N–H and O–H groups in total. The van der Waals surface area contributed by atoms with E-state index in [9.17, 15) is 0 Å². The van der Waals surface area contributed by atoms with Gasteiger partial charge in [-0.3, -0.25) is 4.99 Å². The number of hydrogen-bond acceptors (Lipinski definition) is 2. The maximum Gasteiger partial charge on any atom is 0.194 e. The van der Waals surface area contributed by atoms with Crippen molar-refractivity contribution in [2.75, 3.05) is 20.6 Å². The summed E-state index contributed by atoms with van der Waals surface area (Å²) >= 11 is 3.33. The van der Waals surface area contributed by atoms with Crippen LogP contribution in [0.2, 0.25) is 0 Å². The number of H-pyrrole nitrogens is 1. The number of hydrogen-bond donors (Lipinski definition) is 2. The van der Waals surface area contributed by atoms with Gasteiger partial charge < -0.3 is 15.2 Å². The minimum Gasteiger partial charge on any atom is -0.352 e. The Morgan fingerprint density at radius 2 is 2.09 bits per heavy atom. The SMILES string of the molecule is C=C(Br)CNC(=NC)N(C)Cc1ncc(-c2ccccc2)[nH]1.I. The quantitative estimate of drug-likeness (QED) is 0.383. The number of nitrogens with zero attached hydrogens (tertiary/aromatic N) is 3. The molecule has 124 valence electrons. The normalized spacial score (nSPS) is 10.8. The van der Waals surface area contributed by atoms with Crippen molar-refractivity contribution in [3.05, 3.63) is 53.4 Å². The predicted molar refractivity (Wildman–Crippen MR) is 110 cm³/mol. The molecule has 2 rings (SSSR count). The number of halogens is 2.